The van der Waals surface area contributed by atoms with Gasteiger partial charge in [0.15, 0.2) is 5.15 Å². The van der Waals surface area contributed by atoms with Crippen molar-refractivity contribution in [3.63, 3.8) is 0 Å². The Morgan fingerprint density at radius 1 is 1.40 bits per heavy atom. The van der Waals surface area contributed by atoms with Gasteiger partial charge < -0.3 is 5.73 Å². The summed E-state index contributed by atoms with van der Waals surface area (Å²) in [7, 11) is 0. The second kappa shape index (κ2) is 5.60. The van der Waals surface area contributed by atoms with E-state index in [0.717, 1.165) is 17.0 Å². The fourth-order valence-corrected chi connectivity index (χ4v) is 1.85. The molecule has 20 heavy (non-hydrogen) atoms. The zero-order valence-electron chi connectivity index (χ0n) is 9.94. The Bertz CT molecular complexity index is 746. The third-order valence-corrected chi connectivity index (χ3v) is 3.34. The van der Waals surface area contributed by atoms with Gasteiger partial charge in [0, 0.05) is 11.1 Å². The van der Waals surface area contributed by atoms with Crippen LogP contribution in [0.5, 0.6) is 0 Å². The summed E-state index contributed by atoms with van der Waals surface area (Å²) in [6, 6.07) is 3.74. The molecule has 2 N–H and O–H groups in total. The minimum absolute atomic E-state index is 0.0471. The van der Waals surface area contributed by atoms with Crippen LogP contribution in [0.25, 0.3) is 0 Å². The van der Waals surface area contributed by atoms with Crippen LogP contribution >= 0.6 is 23.2 Å². The summed E-state index contributed by atoms with van der Waals surface area (Å²) < 4.78 is 14.9. The van der Waals surface area contributed by atoms with Gasteiger partial charge in [-0.05, 0) is 12.1 Å². The molecule has 8 heteroatoms. The number of benzene rings is 1. The lowest BCUT2D eigenvalue weighted by Gasteiger charge is -2.08. The molecule has 1 amide bonds. The van der Waals surface area contributed by atoms with Crippen molar-refractivity contribution in [1.82, 2.24) is 9.55 Å². The Morgan fingerprint density at radius 2 is 2.10 bits per heavy atom. The topological polar surface area (TPSA) is 78.0 Å². The van der Waals surface area contributed by atoms with Crippen LogP contribution in [0.15, 0.2) is 29.3 Å². The van der Waals surface area contributed by atoms with E-state index in [9.17, 15) is 14.0 Å². The number of carbonyl (C=O) groups is 1. The molecule has 0 saturated carbocycles. The van der Waals surface area contributed by atoms with Crippen LogP contribution in [-0.4, -0.2) is 15.5 Å². The van der Waals surface area contributed by atoms with Gasteiger partial charge in [-0.1, -0.05) is 29.3 Å². The molecule has 0 atom stereocenters. The number of nitrogens with two attached hydrogens (primary N) is 1. The first kappa shape index (κ1) is 14.5. The van der Waals surface area contributed by atoms with Crippen LogP contribution in [0, 0.1) is 5.82 Å². The summed E-state index contributed by atoms with van der Waals surface area (Å²) in [4.78, 5) is 26.4. The molecule has 1 aromatic heterocycles. The van der Waals surface area contributed by atoms with E-state index in [-0.39, 0.29) is 27.8 Å². The molecule has 0 fully saturated rings. The summed E-state index contributed by atoms with van der Waals surface area (Å²) in [6.07, 6.45) is 1.16. The van der Waals surface area contributed by atoms with E-state index in [1.807, 2.05) is 0 Å². The molecule has 0 aliphatic heterocycles. The Morgan fingerprint density at radius 3 is 2.70 bits per heavy atom. The van der Waals surface area contributed by atoms with E-state index in [1.54, 1.807) is 0 Å². The quantitative estimate of drug-likeness (QED) is 0.878. The normalized spacial score (nSPS) is 10.6. The number of hydrogen-bond acceptors (Lipinski definition) is 3. The molecule has 2 aromatic rings. The maximum Gasteiger partial charge on any atom is 0.273 e. The molecule has 0 aliphatic rings. The van der Waals surface area contributed by atoms with Gasteiger partial charge in [0.25, 0.3) is 5.56 Å². The molecule has 0 unspecified atom stereocenters. The molecule has 2 rings (SSSR count). The largest absolute Gasteiger partial charge is 0.366 e. The number of aromatic nitrogens is 2. The van der Waals surface area contributed by atoms with E-state index in [1.165, 1.54) is 12.1 Å². The smallest absolute Gasteiger partial charge is 0.273 e. The summed E-state index contributed by atoms with van der Waals surface area (Å²) >= 11 is 11.3. The highest BCUT2D eigenvalue weighted by Crippen LogP contribution is 2.15. The highest BCUT2D eigenvalue weighted by atomic mass is 35.5. The van der Waals surface area contributed by atoms with Crippen molar-refractivity contribution in [3.05, 3.63) is 62.0 Å². The van der Waals surface area contributed by atoms with Gasteiger partial charge in [-0.25, -0.2) is 9.37 Å². The van der Waals surface area contributed by atoms with Gasteiger partial charge in [0.2, 0.25) is 5.91 Å². The molecule has 0 bridgehead atoms. The van der Waals surface area contributed by atoms with Crippen LogP contribution < -0.4 is 11.3 Å². The fourth-order valence-electron chi connectivity index (χ4n) is 1.57. The highest BCUT2D eigenvalue weighted by Gasteiger charge is 2.11. The van der Waals surface area contributed by atoms with E-state index in [0.29, 0.717) is 0 Å². The number of nitrogens with zero attached hydrogens (tertiary/aromatic N) is 2. The average molecular weight is 316 g/mol. The van der Waals surface area contributed by atoms with Gasteiger partial charge in [-0.2, -0.15) is 0 Å². The summed E-state index contributed by atoms with van der Waals surface area (Å²) in [5, 5.41) is -0.346. The van der Waals surface area contributed by atoms with Gasteiger partial charge >= 0.3 is 0 Å². The van der Waals surface area contributed by atoms with E-state index >= 15 is 0 Å². The molecule has 1 heterocycles. The molecule has 0 radical (unpaired) electrons. The van der Waals surface area contributed by atoms with Crippen molar-refractivity contribution < 1.29 is 9.18 Å². The minimum Gasteiger partial charge on any atom is -0.366 e. The molecule has 104 valence electrons. The molecule has 1 aromatic carbocycles. The number of carbonyl (C=O) groups excluding carboxylic acids is 1. The lowest BCUT2D eigenvalue weighted by molar-refractivity contribution is 0.1000. The van der Waals surface area contributed by atoms with Crippen molar-refractivity contribution >= 4 is 29.1 Å². The third kappa shape index (κ3) is 2.81. The van der Waals surface area contributed by atoms with E-state index in [4.69, 9.17) is 28.9 Å². The van der Waals surface area contributed by atoms with Crippen LogP contribution in [0.1, 0.15) is 15.9 Å². The summed E-state index contributed by atoms with van der Waals surface area (Å²) in [5.41, 5.74) is 4.70. The van der Waals surface area contributed by atoms with E-state index in [2.05, 4.69) is 4.98 Å². The summed E-state index contributed by atoms with van der Waals surface area (Å²) in [5.74, 6) is -1.39. The van der Waals surface area contributed by atoms with E-state index < -0.39 is 17.3 Å². The van der Waals surface area contributed by atoms with Crippen molar-refractivity contribution in [2.45, 2.75) is 6.54 Å². The van der Waals surface area contributed by atoms with Crippen LogP contribution in [0.4, 0.5) is 4.39 Å². The lowest BCUT2D eigenvalue weighted by atomic mass is 10.1. The Balaban J connectivity index is 2.38. The molecule has 5 nitrogen and oxygen atoms in total. The van der Waals surface area contributed by atoms with Gasteiger partial charge in [0.05, 0.1) is 12.9 Å². The van der Waals surface area contributed by atoms with Crippen LogP contribution in [0.3, 0.4) is 0 Å². The van der Waals surface area contributed by atoms with Gasteiger partial charge in [-0.3, -0.25) is 14.2 Å². The monoisotopic (exact) mass is 315 g/mol. The number of hydrogen-bond donors (Lipinski definition) is 1. The molecule has 0 saturated heterocycles. The zero-order valence-corrected chi connectivity index (χ0v) is 11.5. The molecule has 0 spiro atoms. The number of amides is 1. The standard InChI is InChI=1S/C12H8Cl2FN3O2/c13-9-10(14)17-5-18(12(9)20)4-7-2-1-6(11(16)19)3-8(7)15/h1-3,5H,4H2,(H2,16,19). The number of halogens is 3. The van der Waals surface area contributed by atoms with Crippen LogP contribution in [-0.2, 0) is 6.54 Å². The Labute approximate surface area is 122 Å². The van der Waals surface area contributed by atoms with Crippen molar-refractivity contribution in [2.24, 2.45) is 5.73 Å². The predicted octanol–water partition coefficient (Wildman–Crippen LogP) is 1.84. The second-order valence-electron chi connectivity index (χ2n) is 3.95. The Hall–Kier alpha value is -1.92. The molecular formula is C12H8Cl2FN3O2. The summed E-state index contributed by atoms with van der Waals surface area (Å²) in [6.45, 7) is -0.0897. The van der Waals surface area contributed by atoms with Crippen molar-refractivity contribution in [2.75, 3.05) is 0 Å². The first-order valence-electron chi connectivity index (χ1n) is 5.39. The molecular weight excluding hydrogens is 308 g/mol. The average Bonchev–Trinajstić information content (AvgIpc) is 2.41. The fraction of sp³-hybridized carbons (Fsp3) is 0.0833. The first-order valence-corrected chi connectivity index (χ1v) is 6.14. The predicted molar refractivity (Wildman–Crippen MR) is 72.5 cm³/mol. The molecule has 0 aliphatic carbocycles. The minimum atomic E-state index is -0.733. The van der Waals surface area contributed by atoms with Crippen molar-refractivity contribution in [1.29, 1.82) is 0 Å². The third-order valence-electron chi connectivity index (χ3n) is 2.62. The zero-order chi connectivity index (χ0) is 14.9. The maximum absolute atomic E-state index is 13.8. The SMILES string of the molecule is NC(=O)c1ccc(Cn2cnc(Cl)c(Cl)c2=O)c(F)c1. The lowest BCUT2D eigenvalue weighted by Crippen LogP contribution is -2.22. The first-order chi connectivity index (χ1) is 9.40. The number of primary amides is 1. The van der Waals surface area contributed by atoms with Crippen LogP contribution in [0.2, 0.25) is 10.2 Å². The maximum atomic E-state index is 13.8. The van der Waals surface area contributed by atoms with Gasteiger partial charge in [0.1, 0.15) is 10.8 Å². The van der Waals surface area contributed by atoms with Gasteiger partial charge in [-0.15, -0.1) is 0 Å². The highest BCUT2D eigenvalue weighted by molar-refractivity contribution is 6.40. The van der Waals surface area contributed by atoms with Crippen molar-refractivity contribution in [3.8, 4) is 0 Å². The number of rotatable bonds is 3. The second-order valence-corrected chi connectivity index (χ2v) is 4.69. The Kier molecular flexibility index (Phi) is 4.06.